The second-order valence-electron chi connectivity index (χ2n) is 10.4. The third-order valence-electron chi connectivity index (χ3n) is 7.07. The number of hydrogen-bond donors (Lipinski definition) is 2. The number of anilines is 2. The van der Waals surface area contributed by atoms with Gasteiger partial charge in [-0.1, -0.05) is 6.08 Å². The Bertz CT molecular complexity index is 1730. The molecular formula is C33H31N6O3+. The van der Waals surface area contributed by atoms with Crippen molar-refractivity contribution in [2.75, 3.05) is 39.7 Å². The standard InChI is InChI=1S/C33H30N6O3/c1-39(2)14-15-42-30-18-27-28(19-29(30)41-3)37-31(38-32(27)35-26-12-11-21-9-10-22(21)16-26)23-6-4-8-25(17-23)36-33(40)24-7-5-13-34-20-24/h4-5,7-8,10-13,16-20,23H,6,14-15H2,1-3H3,(H-,35,36,37,38,40)/p+1. The highest BCUT2D eigenvalue weighted by atomic mass is 16.5. The quantitative estimate of drug-likeness (QED) is 0.224. The fourth-order valence-corrected chi connectivity index (χ4v) is 4.78. The molecule has 0 fully saturated rings. The van der Waals surface area contributed by atoms with Crippen LogP contribution in [0, 0.1) is 6.08 Å². The Balaban J connectivity index is 1.36. The van der Waals surface area contributed by atoms with Crippen molar-refractivity contribution in [2.45, 2.75) is 12.3 Å². The summed E-state index contributed by atoms with van der Waals surface area (Å²) in [5, 5.41) is 7.30. The maximum Gasteiger partial charge on any atom is 0.257 e. The zero-order chi connectivity index (χ0) is 29.1. The van der Waals surface area contributed by atoms with Gasteiger partial charge in [0, 0.05) is 66.3 Å². The molecule has 2 aliphatic rings. The monoisotopic (exact) mass is 559 g/mol. The van der Waals surface area contributed by atoms with Crippen LogP contribution in [0.3, 0.4) is 0 Å². The third-order valence-corrected chi connectivity index (χ3v) is 7.07. The molecule has 1 atom stereocenters. The fraction of sp³-hybridized carbons (Fsp3) is 0.212. The van der Waals surface area contributed by atoms with Crippen molar-refractivity contribution < 1.29 is 14.3 Å². The SMILES string of the molecule is COc1cc2nc(C3C=C(NC(=O)c4cccnc4)C=CC3)nc(Nc3ccc4c(c3)C=[C+]4)c2cc1OCCN(C)C. The summed E-state index contributed by atoms with van der Waals surface area (Å²) in [6.07, 6.45) is 14.9. The zero-order valence-corrected chi connectivity index (χ0v) is 23.7. The van der Waals surface area contributed by atoms with Crippen molar-refractivity contribution in [3.05, 3.63) is 107 Å². The number of nitrogens with zero attached hydrogens (tertiary/aromatic N) is 4. The molecule has 0 saturated heterocycles. The lowest BCUT2D eigenvalue weighted by atomic mass is 9.97. The molecule has 6 rings (SSSR count). The van der Waals surface area contributed by atoms with E-state index in [9.17, 15) is 4.79 Å². The summed E-state index contributed by atoms with van der Waals surface area (Å²) in [4.78, 5) is 28.8. The first-order chi connectivity index (χ1) is 20.5. The molecule has 2 heterocycles. The maximum atomic E-state index is 12.8. The van der Waals surface area contributed by atoms with Crippen LogP contribution in [0.4, 0.5) is 11.5 Å². The van der Waals surface area contributed by atoms with Crippen molar-refractivity contribution in [1.82, 2.24) is 25.2 Å². The van der Waals surface area contributed by atoms with Crippen molar-refractivity contribution in [3.63, 3.8) is 0 Å². The number of aromatic nitrogens is 3. The van der Waals surface area contributed by atoms with E-state index < -0.39 is 0 Å². The minimum absolute atomic E-state index is 0.152. The number of rotatable bonds is 10. The Morgan fingerprint density at radius 2 is 2.05 bits per heavy atom. The number of ether oxygens (including phenoxy) is 2. The number of likely N-dealkylation sites (N-methyl/N-ethyl adjacent to an activating group) is 1. The van der Waals surface area contributed by atoms with Gasteiger partial charge in [-0.15, -0.1) is 0 Å². The Morgan fingerprint density at radius 1 is 1.14 bits per heavy atom. The molecule has 0 spiro atoms. The number of allylic oxidation sites excluding steroid dienone is 3. The average molecular weight is 560 g/mol. The molecule has 0 bridgehead atoms. The summed E-state index contributed by atoms with van der Waals surface area (Å²) in [6, 6.07) is 13.4. The molecule has 1 unspecified atom stereocenters. The molecule has 1 amide bonds. The van der Waals surface area contributed by atoms with Crippen LogP contribution < -0.4 is 20.1 Å². The van der Waals surface area contributed by atoms with Gasteiger partial charge in [0.2, 0.25) is 0 Å². The number of pyridine rings is 1. The predicted octanol–water partition coefficient (Wildman–Crippen LogP) is 5.25. The number of amides is 1. The van der Waals surface area contributed by atoms with Crippen LogP contribution in [0.2, 0.25) is 0 Å². The highest BCUT2D eigenvalue weighted by Gasteiger charge is 2.22. The van der Waals surface area contributed by atoms with Crippen molar-refractivity contribution in [2.24, 2.45) is 0 Å². The molecule has 2 aliphatic carbocycles. The number of hydrogen-bond acceptors (Lipinski definition) is 8. The molecular weight excluding hydrogens is 528 g/mol. The second-order valence-corrected chi connectivity index (χ2v) is 10.4. The van der Waals surface area contributed by atoms with Gasteiger partial charge in [-0.3, -0.25) is 9.78 Å². The number of methoxy groups -OCH3 is 1. The fourth-order valence-electron chi connectivity index (χ4n) is 4.78. The molecule has 2 aromatic heterocycles. The Labute approximate surface area is 244 Å². The van der Waals surface area contributed by atoms with Gasteiger partial charge in [-0.2, -0.15) is 0 Å². The summed E-state index contributed by atoms with van der Waals surface area (Å²) in [6.45, 7) is 1.28. The van der Waals surface area contributed by atoms with Gasteiger partial charge in [0.1, 0.15) is 18.2 Å². The van der Waals surface area contributed by atoms with Crippen LogP contribution >= 0.6 is 0 Å². The van der Waals surface area contributed by atoms with E-state index in [1.54, 1.807) is 31.6 Å². The molecule has 42 heavy (non-hydrogen) atoms. The van der Waals surface area contributed by atoms with Gasteiger partial charge in [-0.25, -0.2) is 9.97 Å². The van der Waals surface area contributed by atoms with E-state index in [4.69, 9.17) is 19.4 Å². The normalized spacial score (nSPS) is 15.0. The highest BCUT2D eigenvalue weighted by Crippen LogP contribution is 2.37. The number of carbonyl (C=O) groups is 1. The van der Waals surface area contributed by atoms with E-state index in [1.807, 2.05) is 62.7 Å². The number of fused-ring (bicyclic) bond motifs is 2. The number of nitrogens with one attached hydrogen (secondary N) is 2. The largest absolute Gasteiger partial charge is 0.493 e. The lowest BCUT2D eigenvalue weighted by Crippen LogP contribution is -2.23. The predicted molar refractivity (Wildman–Crippen MR) is 163 cm³/mol. The smallest absolute Gasteiger partial charge is 0.257 e. The second kappa shape index (κ2) is 11.8. The van der Waals surface area contributed by atoms with Gasteiger partial charge >= 0.3 is 0 Å². The minimum atomic E-state index is -0.222. The molecule has 0 aliphatic heterocycles. The highest BCUT2D eigenvalue weighted by molar-refractivity contribution is 5.95. The van der Waals surface area contributed by atoms with Crippen LogP contribution in [0.5, 0.6) is 11.5 Å². The average Bonchev–Trinajstić information content (AvgIpc) is 2.98. The van der Waals surface area contributed by atoms with Crippen LogP contribution in [-0.4, -0.2) is 60.1 Å². The lowest BCUT2D eigenvalue weighted by Gasteiger charge is -2.20. The van der Waals surface area contributed by atoms with E-state index in [-0.39, 0.29) is 11.8 Å². The molecule has 9 nitrogen and oxygen atoms in total. The number of benzene rings is 2. The summed E-state index contributed by atoms with van der Waals surface area (Å²) in [5.74, 6) is 2.14. The molecule has 0 radical (unpaired) electrons. The summed E-state index contributed by atoms with van der Waals surface area (Å²) >= 11 is 0. The van der Waals surface area contributed by atoms with Crippen molar-refractivity contribution >= 4 is 34.4 Å². The molecule has 210 valence electrons. The van der Waals surface area contributed by atoms with Crippen molar-refractivity contribution in [1.29, 1.82) is 0 Å². The van der Waals surface area contributed by atoms with E-state index in [0.717, 1.165) is 34.3 Å². The Kier molecular flexibility index (Phi) is 7.60. The van der Waals surface area contributed by atoms with E-state index in [0.29, 0.717) is 47.4 Å². The molecule has 0 saturated carbocycles. The zero-order valence-electron chi connectivity index (χ0n) is 23.7. The summed E-state index contributed by atoms with van der Waals surface area (Å²) in [5.41, 5.74) is 5.03. The van der Waals surface area contributed by atoms with Crippen LogP contribution in [0.1, 0.15) is 39.6 Å². The lowest BCUT2D eigenvalue weighted by molar-refractivity contribution is 0.0966. The van der Waals surface area contributed by atoms with Gasteiger partial charge in [-0.05, 0) is 50.9 Å². The van der Waals surface area contributed by atoms with E-state index >= 15 is 0 Å². The van der Waals surface area contributed by atoms with Crippen LogP contribution in [-0.2, 0) is 0 Å². The third kappa shape index (κ3) is 5.83. The van der Waals surface area contributed by atoms with Crippen molar-refractivity contribution in [3.8, 4) is 11.5 Å². The molecule has 4 aromatic rings. The first kappa shape index (κ1) is 27.1. The Hall–Kier alpha value is -5.11. The molecule has 2 aromatic carbocycles. The first-order valence-electron chi connectivity index (χ1n) is 13.7. The molecule has 2 N–H and O–H groups in total. The summed E-state index contributed by atoms with van der Waals surface area (Å²) in [7, 11) is 5.63. The molecule has 9 heteroatoms. The minimum Gasteiger partial charge on any atom is -0.493 e. The van der Waals surface area contributed by atoms with Gasteiger partial charge < -0.3 is 25.0 Å². The maximum absolute atomic E-state index is 12.8. The van der Waals surface area contributed by atoms with Crippen LogP contribution in [0.25, 0.3) is 17.0 Å². The first-order valence-corrected chi connectivity index (χ1v) is 13.7. The summed E-state index contributed by atoms with van der Waals surface area (Å²) < 4.78 is 11.8. The van der Waals surface area contributed by atoms with Gasteiger partial charge in [0.25, 0.3) is 5.91 Å². The van der Waals surface area contributed by atoms with E-state index in [2.05, 4.69) is 32.7 Å². The van der Waals surface area contributed by atoms with Gasteiger partial charge in [0.05, 0.1) is 35.5 Å². The van der Waals surface area contributed by atoms with Crippen LogP contribution in [0.15, 0.2) is 78.8 Å². The van der Waals surface area contributed by atoms with Gasteiger partial charge in [0.15, 0.2) is 17.1 Å². The topological polar surface area (TPSA) is 102 Å². The number of carbonyl (C=O) groups excluding carboxylic acids is 1. The van der Waals surface area contributed by atoms with E-state index in [1.165, 1.54) is 0 Å². The Morgan fingerprint density at radius 3 is 2.79 bits per heavy atom.